The maximum absolute atomic E-state index is 12.4. The number of amides is 1. The number of carbonyl (C=O) groups is 2. The number of carbonyl (C=O) groups excluding carboxylic acids is 2. The van der Waals surface area contributed by atoms with Gasteiger partial charge in [-0.3, -0.25) is 9.59 Å². The van der Waals surface area contributed by atoms with E-state index in [0.717, 1.165) is 10.2 Å². The van der Waals surface area contributed by atoms with Crippen LogP contribution in [-0.2, 0) is 17.9 Å². The second kappa shape index (κ2) is 10.4. The van der Waals surface area contributed by atoms with Gasteiger partial charge in [0.1, 0.15) is 12.2 Å². The van der Waals surface area contributed by atoms with Gasteiger partial charge >= 0.3 is 0 Å². The number of nitrogens with zero attached hydrogens (tertiary/aromatic N) is 4. The first-order chi connectivity index (χ1) is 16.0. The average molecular weight is 525 g/mol. The Morgan fingerprint density at radius 1 is 1.06 bits per heavy atom. The lowest BCUT2D eigenvalue weighted by Gasteiger charge is -2.05. The summed E-state index contributed by atoms with van der Waals surface area (Å²) in [7, 11) is 0. The Morgan fingerprint density at radius 2 is 1.82 bits per heavy atom. The molecule has 0 unspecified atom stereocenters. The van der Waals surface area contributed by atoms with Crippen molar-refractivity contribution in [2.24, 2.45) is 0 Å². The number of allylic oxidation sites excluding steroid dienone is 1. The summed E-state index contributed by atoms with van der Waals surface area (Å²) in [6, 6.07) is 17.9. The Balaban J connectivity index is 1.36. The fourth-order valence-corrected chi connectivity index (χ4v) is 3.53. The van der Waals surface area contributed by atoms with Crippen LogP contribution in [0.1, 0.15) is 21.7 Å². The van der Waals surface area contributed by atoms with Crippen LogP contribution in [0.25, 0.3) is 6.08 Å². The van der Waals surface area contributed by atoms with Crippen LogP contribution in [0.3, 0.4) is 0 Å². The quantitative estimate of drug-likeness (QED) is 0.257. The second-order valence-electron chi connectivity index (χ2n) is 7.23. The van der Waals surface area contributed by atoms with Crippen LogP contribution >= 0.6 is 27.5 Å². The van der Waals surface area contributed by atoms with Crippen LogP contribution < -0.4 is 5.32 Å². The number of anilines is 1. The Morgan fingerprint density at radius 3 is 2.58 bits per heavy atom. The topological polar surface area (TPSA) is 81.8 Å². The Labute approximate surface area is 203 Å². The van der Waals surface area contributed by atoms with Crippen LogP contribution in [0, 0.1) is 0 Å². The third kappa shape index (κ3) is 6.27. The van der Waals surface area contributed by atoms with Crippen LogP contribution in [0.2, 0.25) is 5.02 Å². The van der Waals surface area contributed by atoms with E-state index in [0.29, 0.717) is 28.5 Å². The fraction of sp³-hybridized carbons (Fsp3) is 0.0833. The highest BCUT2D eigenvalue weighted by atomic mass is 79.9. The van der Waals surface area contributed by atoms with Gasteiger partial charge < -0.3 is 9.88 Å². The molecule has 2 aromatic heterocycles. The molecule has 1 amide bonds. The second-order valence-corrected chi connectivity index (χ2v) is 8.58. The fourth-order valence-electron chi connectivity index (χ4n) is 3.14. The first kappa shape index (κ1) is 22.7. The third-order valence-electron chi connectivity index (χ3n) is 4.75. The maximum atomic E-state index is 12.4. The predicted molar refractivity (Wildman–Crippen MR) is 131 cm³/mol. The molecule has 4 rings (SSSR count). The van der Waals surface area contributed by atoms with Gasteiger partial charge in [-0.25, -0.2) is 4.68 Å². The number of hydrogen-bond acceptors (Lipinski definition) is 4. The summed E-state index contributed by atoms with van der Waals surface area (Å²) in [5.41, 5.74) is 2.82. The SMILES string of the molecule is O=C(Cn1cc(Cn2cccc2/C=C/C(=O)c2ccc(Cl)cc2)nn1)Nc1ccc(Br)cc1. The van der Waals surface area contributed by atoms with E-state index in [-0.39, 0.29) is 18.2 Å². The van der Waals surface area contributed by atoms with E-state index in [2.05, 4.69) is 31.6 Å². The van der Waals surface area contributed by atoms with Crippen molar-refractivity contribution >= 4 is 51.0 Å². The van der Waals surface area contributed by atoms with Crippen molar-refractivity contribution < 1.29 is 9.59 Å². The van der Waals surface area contributed by atoms with Crippen molar-refractivity contribution in [1.29, 1.82) is 0 Å². The van der Waals surface area contributed by atoms with E-state index in [4.69, 9.17) is 11.6 Å². The zero-order valence-corrected chi connectivity index (χ0v) is 19.7. The van der Waals surface area contributed by atoms with Crippen molar-refractivity contribution in [2.45, 2.75) is 13.1 Å². The lowest BCUT2D eigenvalue weighted by atomic mass is 10.1. The van der Waals surface area contributed by atoms with Gasteiger partial charge in [0.15, 0.2) is 5.78 Å². The number of hydrogen-bond donors (Lipinski definition) is 1. The van der Waals surface area contributed by atoms with E-state index in [1.165, 1.54) is 10.8 Å². The molecule has 0 atom stereocenters. The zero-order chi connectivity index (χ0) is 23.2. The van der Waals surface area contributed by atoms with Gasteiger partial charge in [-0.05, 0) is 72.8 Å². The molecule has 0 aliphatic carbocycles. The van der Waals surface area contributed by atoms with E-state index in [9.17, 15) is 9.59 Å². The molecule has 2 heterocycles. The number of benzene rings is 2. The van der Waals surface area contributed by atoms with Crippen molar-refractivity contribution in [1.82, 2.24) is 19.6 Å². The molecule has 0 spiro atoms. The summed E-state index contributed by atoms with van der Waals surface area (Å²) in [6.45, 7) is 0.507. The predicted octanol–water partition coefficient (Wildman–Crippen LogP) is 5.08. The highest BCUT2D eigenvalue weighted by Crippen LogP contribution is 2.15. The molecule has 9 heteroatoms. The van der Waals surface area contributed by atoms with E-state index in [1.54, 1.807) is 36.5 Å². The monoisotopic (exact) mass is 523 g/mol. The highest BCUT2D eigenvalue weighted by molar-refractivity contribution is 9.10. The van der Waals surface area contributed by atoms with Gasteiger partial charge in [-0.15, -0.1) is 5.10 Å². The molecule has 0 aliphatic heterocycles. The molecule has 0 saturated heterocycles. The minimum absolute atomic E-state index is 0.0527. The summed E-state index contributed by atoms with van der Waals surface area (Å²) in [4.78, 5) is 24.6. The first-order valence-electron chi connectivity index (χ1n) is 10.0. The van der Waals surface area contributed by atoms with Crippen LogP contribution in [-0.4, -0.2) is 31.3 Å². The molecular formula is C24H19BrClN5O2. The summed E-state index contributed by atoms with van der Waals surface area (Å²) in [6.07, 6.45) is 6.91. The molecule has 0 saturated carbocycles. The number of rotatable bonds is 8. The molecule has 2 aromatic carbocycles. The zero-order valence-electron chi connectivity index (χ0n) is 17.4. The van der Waals surface area contributed by atoms with E-state index < -0.39 is 0 Å². The van der Waals surface area contributed by atoms with Crippen LogP contribution in [0.4, 0.5) is 5.69 Å². The molecule has 0 bridgehead atoms. The van der Waals surface area contributed by atoms with Gasteiger partial charge in [0.05, 0.1) is 12.7 Å². The lowest BCUT2D eigenvalue weighted by Crippen LogP contribution is -2.19. The Kier molecular flexibility index (Phi) is 7.16. The minimum Gasteiger partial charge on any atom is -0.342 e. The molecule has 0 radical (unpaired) electrons. The molecule has 1 N–H and O–H groups in total. The van der Waals surface area contributed by atoms with Gasteiger partial charge in [-0.2, -0.15) is 0 Å². The normalized spacial score (nSPS) is 11.1. The maximum Gasteiger partial charge on any atom is 0.246 e. The van der Waals surface area contributed by atoms with Gasteiger partial charge in [0, 0.05) is 32.6 Å². The van der Waals surface area contributed by atoms with Crippen LogP contribution in [0.5, 0.6) is 0 Å². The smallest absolute Gasteiger partial charge is 0.246 e. The molecule has 4 aromatic rings. The third-order valence-corrected chi connectivity index (χ3v) is 5.53. The van der Waals surface area contributed by atoms with Crippen molar-refractivity contribution in [2.75, 3.05) is 5.32 Å². The molecular weight excluding hydrogens is 506 g/mol. The Hall–Kier alpha value is -3.49. The van der Waals surface area contributed by atoms with Crippen molar-refractivity contribution in [3.05, 3.63) is 106 Å². The first-order valence-corrected chi connectivity index (χ1v) is 11.2. The molecule has 0 aliphatic rings. The summed E-state index contributed by atoms with van der Waals surface area (Å²) >= 11 is 9.24. The number of halogens is 2. The highest BCUT2D eigenvalue weighted by Gasteiger charge is 2.09. The van der Waals surface area contributed by atoms with E-state index in [1.807, 2.05) is 47.2 Å². The standard InChI is InChI=1S/C24H19BrClN5O2/c25-18-5-9-20(10-6-18)27-24(33)16-31-15-21(28-29-31)14-30-13-1-2-22(30)11-12-23(32)17-3-7-19(26)8-4-17/h1-13,15H,14,16H2,(H,27,33)/b12-11+. The van der Waals surface area contributed by atoms with Gasteiger partial charge in [-0.1, -0.05) is 32.7 Å². The summed E-state index contributed by atoms with van der Waals surface area (Å²) in [5.74, 6) is -0.304. The molecule has 33 heavy (non-hydrogen) atoms. The number of aromatic nitrogens is 4. The van der Waals surface area contributed by atoms with Gasteiger partial charge in [0.2, 0.25) is 5.91 Å². The molecule has 0 fully saturated rings. The van der Waals surface area contributed by atoms with Crippen molar-refractivity contribution in [3.63, 3.8) is 0 Å². The minimum atomic E-state index is -0.195. The number of nitrogens with one attached hydrogen (secondary N) is 1. The lowest BCUT2D eigenvalue weighted by molar-refractivity contribution is -0.116. The average Bonchev–Trinajstić information content (AvgIpc) is 3.43. The van der Waals surface area contributed by atoms with E-state index >= 15 is 0 Å². The summed E-state index contributed by atoms with van der Waals surface area (Å²) < 4.78 is 4.38. The van der Waals surface area contributed by atoms with Crippen molar-refractivity contribution in [3.8, 4) is 0 Å². The van der Waals surface area contributed by atoms with Crippen LogP contribution in [0.15, 0.2) is 83.6 Å². The molecule has 166 valence electrons. The van der Waals surface area contributed by atoms with Gasteiger partial charge in [0.25, 0.3) is 0 Å². The molecule has 7 nitrogen and oxygen atoms in total. The summed E-state index contributed by atoms with van der Waals surface area (Å²) in [5, 5.41) is 11.6. The number of ketones is 1. The Bertz CT molecular complexity index is 1290. The largest absolute Gasteiger partial charge is 0.342 e.